The van der Waals surface area contributed by atoms with Gasteiger partial charge in [0.2, 0.25) is 0 Å². The third-order valence-electron chi connectivity index (χ3n) is 2.36. The van der Waals surface area contributed by atoms with E-state index in [2.05, 4.69) is 5.32 Å². The summed E-state index contributed by atoms with van der Waals surface area (Å²) in [4.78, 5) is 10.9. The third-order valence-corrected chi connectivity index (χ3v) is 2.36. The topological polar surface area (TPSA) is 49.3 Å². The maximum absolute atomic E-state index is 10.9. The molecule has 1 atom stereocenters. The molecule has 69 valence electrons. The van der Waals surface area contributed by atoms with E-state index in [1.54, 1.807) is 0 Å². The van der Waals surface area contributed by atoms with Crippen LogP contribution in [-0.2, 0) is 11.2 Å². The third kappa shape index (κ3) is 2.45. The normalized spacial score (nSPS) is 19.3. The average molecular weight is 216 g/mol. The minimum Gasteiger partial charge on any atom is -0.480 e. The predicted octanol–water partition coefficient (Wildman–Crippen LogP) is 0.577. The van der Waals surface area contributed by atoms with Gasteiger partial charge in [0.25, 0.3) is 0 Å². The van der Waals surface area contributed by atoms with Crippen LogP contribution in [0, 0.1) is 0 Å². The number of carboxylic acids is 1. The summed E-state index contributed by atoms with van der Waals surface area (Å²) in [6.45, 7) is 0.744. The molecule has 0 bridgehead atoms. The van der Waals surface area contributed by atoms with Gasteiger partial charge in [0.15, 0.2) is 0 Å². The van der Waals surface area contributed by atoms with E-state index in [1.807, 2.05) is 24.3 Å². The van der Waals surface area contributed by atoms with Crippen LogP contribution in [0.25, 0.3) is 0 Å². The van der Waals surface area contributed by atoms with Gasteiger partial charge in [-0.15, -0.1) is 0 Å². The first-order chi connectivity index (χ1) is 6.29. The molecule has 4 heteroatoms. The van der Waals surface area contributed by atoms with Gasteiger partial charge in [0.1, 0.15) is 6.04 Å². The van der Waals surface area contributed by atoms with E-state index in [-0.39, 0.29) is 51.4 Å². The molecule has 0 aliphatic carbocycles. The van der Waals surface area contributed by atoms with Crippen molar-refractivity contribution in [3.63, 3.8) is 0 Å². The number of carboxylic acid groups (broad SMARTS) is 1. The predicted molar refractivity (Wildman–Crippen MR) is 54.3 cm³/mol. The second-order valence-electron chi connectivity index (χ2n) is 3.17. The van der Waals surface area contributed by atoms with E-state index in [0.29, 0.717) is 0 Å². The summed E-state index contributed by atoms with van der Waals surface area (Å²) < 4.78 is 0. The van der Waals surface area contributed by atoms with Gasteiger partial charge in [-0.05, 0) is 17.5 Å². The Balaban J connectivity index is 0.000000980. The van der Waals surface area contributed by atoms with E-state index in [1.165, 1.54) is 0 Å². The van der Waals surface area contributed by atoms with Crippen molar-refractivity contribution < 1.29 is 9.90 Å². The van der Waals surface area contributed by atoms with Gasteiger partial charge in [-0.1, -0.05) is 24.3 Å². The number of fused-ring (bicyclic) bond motifs is 1. The van der Waals surface area contributed by atoms with Gasteiger partial charge in [-0.2, -0.15) is 0 Å². The van der Waals surface area contributed by atoms with Crippen LogP contribution in [0.4, 0.5) is 0 Å². The van der Waals surface area contributed by atoms with Gasteiger partial charge < -0.3 is 10.4 Å². The van der Waals surface area contributed by atoms with Crippen LogP contribution in [0.2, 0.25) is 0 Å². The molecule has 2 N–H and O–H groups in total. The molecule has 2 rings (SSSR count). The van der Waals surface area contributed by atoms with E-state index in [4.69, 9.17) is 5.11 Å². The van der Waals surface area contributed by atoms with Crippen LogP contribution in [0.5, 0.6) is 0 Å². The van der Waals surface area contributed by atoms with Crippen molar-refractivity contribution in [2.24, 2.45) is 0 Å². The molecule has 1 aromatic carbocycles. The second kappa shape index (κ2) is 5.39. The maximum Gasteiger partial charge on any atom is 0.325 e. The summed E-state index contributed by atoms with van der Waals surface area (Å²) in [5.74, 6) is -0.799. The first-order valence-electron chi connectivity index (χ1n) is 4.33. The van der Waals surface area contributed by atoms with Crippen molar-refractivity contribution in [3.05, 3.63) is 35.4 Å². The Morgan fingerprint density at radius 2 is 2.14 bits per heavy atom. The molecular formula is C10H11KNO2. The Labute approximate surface area is 125 Å². The molecule has 0 aromatic heterocycles. The zero-order valence-electron chi connectivity index (χ0n) is 8.16. The Hall–Kier alpha value is 0.286. The van der Waals surface area contributed by atoms with Crippen molar-refractivity contribution >= 4 is 57.4 Å². The monoisotopic (exact) mass is 216 g/mol. The SMILES string of the molecule is O=C(O)[C@H]1NCCc2ccccc21.[K]. The van der Waals surface area contributed by atoms with Crippen LogP contribution in [0.15, 0.2) is 24.3 Å². The first-order valence-corrected chi connectivity index (χ1v) is 4.33. The molecule has 0 saturated carbocycles. The summed E-state index contributed by atoms with van der Waals surface area (Å²) >= 11 is 0. The summed E-state index contributed by atoms with van der Waals surface area (Å²) in [5.41, 5.74) is 2.05. The first kappa shape index (κ1) is 12.4. The van der Waals surface area contributed by atoms with E-state index >= 15 is 0 Å². The number of aliphatic carboxylic acids is 1. The minimum atomic E-state index is -0.799. The fourth-order valence-corrected chi connectivity index (χ4v) is 1.72. The zero-order valence-corrected chi connectivity index (χ0v) is 11.3. The van der Waals surface area contributed by atoms with Gasteiger partial charge in [-0.3, -0.25) is 4.79 Å². The Kier molecular flexibility index (Phi) is 4.76. The second-order valence-corrected chi connectivity index (χ2v) is 3.17. The molecule has 14 heavy (non-hydrogen) atoms. The van der Waals surface area contributed by atoms with E-state index < -0.39 is 12.0 Å². The number of rotatable bonds is 1. The summed E-state index contributed by atoms with van der Waals surface area (Å²) in [6, 6.07) is 7.17. The number of benzene rings is 1. The smallest absolute Gasteiger partial charge is 0.325 e. The van der Waals surface area contributed by atoms with Crippen molar-refractivity contribution in [1.29, 1.82) is 0 Å². The minimum absolute atomic E-state index is 0. The van der Waals surface area contributed by atoms with Crippen LogP contribution >= 0.6 is 0 Å². The molecule has 0 unspecified atom stereocenters. The van der Waals surface area contributed by atoms with Crippen molar-refractivity contribution in [3.8, 4) is 0 Å². The number of carbonyl (C=O) groups is 1. The van der Waals surface area contributed by atoms with Gasteiger partial charge >= 0.3 is 5.97 Å². The van der Waals surface area contributed by atoms with Gasteiger partial charge in [-0.25, -0.2) is 0 Å². The fourth-order valence-electron chi connectivity index (χ4n) is 1.72. The van der Waals surface area contributed by atoms with Crippen LogP contribution < -0.4 is 5.32 Å². The van der Waals surface area contributed by atoms with E-state index in [9.17, 15) is 4.79 Å². The molecule has 0 amide bonds. The molecule has 1 heterocycles. The van der Waals surface area contributed by atoms with Gasteiger partial charge in [0.05, 0.1) is 0 Å². The van der Waals surface area contributed by atoms with Crippen LogP contribution in [-0.4, -0.2) is 69.0 Å². The number of nitrogens with one attached hydrogen (secondary N) is 1. The fraction of sp³-hybridized carbons (Fsp3) is 0.300. The van der Waals surface area contributed by atoms with Crippen molar-refractivity contribution in [1.82, 2.24) is 5.32 Å². The standard InChI is InChI=1S/C10H11NO2.K/c12-10(13)9-8-4-2-1-3-7(8)5-6-11-9;/h1-4,9,11H,5-6H2,(H,12,13);/t9-;/m0./s1. The van der Waals surface area contributed by atoms with Crippen LogP contribution in [0.3, 0.4) is 0 Å². The average Bonchev–Trinajstić information content (AvgIpc) is 2.17. The Morgan fingerprint density at radius 1 is 1.43 bits per heavy atom. The largest absolute Gasteiger partial charge is 0.480 e. The number of hydrogen-bond donors (Lipinski definition) is 2. The summed E-state index contributed by atoms with van der Waals surface area (Å²) in [5, 5.41) is 11.9. The van der Waals surface area contributed by atoms with E-state index in [0.717, 1.165) is 24.1 Å². The molecule has 1 aliphatic heterocycles. The maximum atomic E-state index is 10.9. The molecule has 1 aromatic rings. The molecule has 1 aliphatic rings. The Bertz CT molecular complexity index is 341. The quantitative estimate of drug-likeness (QED) is 0.675. The zero-order chi connectivity index (χ0) is 9.26. The molecule has 0 fully saturated rings. The molecule has 0 saturated heterocycles. The summed E-state index contributed by atoms with van der Waals surface area (Å²) in [7, 11) is 0. The molecule has 3 nitrogen and oxygen atoms in total. The molecule has 1 radical (unpaired) electrons. The molecular weight excluding hydrogens is 205 g/mol. The Morgan fingerprint density at radius 3 is 2.86 bits per heavy atom. The molecule has 0 spiro atoms. The van der Waals surface area contributed by atoms with Gasteiger partial charge in [0, 0.05) is 57.9 Å². The van der Waals surface area contributed by atoms with Crippen molar-refractivity contribution in [2.45, 2.75) is 12.5 Å². The van der Waals surface area contributed by atoms with Crippen molar-refractivity contribution in [2.75, 3.05) is 6.54 Å². The number of hydrogen-bond acceptors (Lipinski definition) is 2. The summed E-state index contributed by atoms with van der Waals surface area (Å²) in [6.07, 6.45) is 0.917. The van der Waals surface area contributed by atoms with Crippen LogP contribution in [0.1, 0.15) is 17.2 Å².